The first-order chi connectivity index (χ1) is 15.8. The minimum atomic E-state index is -0.436. The molecule has 0 spiro atoms. The summed E-state index contributed by atoms with van der Waals surface area (Å²) >= 11 is 5.91. The molecule has 0 saturated carbocycles. The van der Waals surface area contributed by atoms with E-state index < -0.39 is 5.91 Å². The second-order valence-corrected chi connectivity index (χ2v) is 8.47. The summed E-state index contributed by atoms with van der Waals surface area (Å²) in [6.45, 7) is 3.38. The summed E-state index contributed by atoms with van der Waals surface area (Å²) in [6.07, 6.45) is 3.77. The predicted octanol–water partition coefficient (Wildman–Crippen LogP) is 1.35. The van der Waals surface area contributed by atoms with E-state index in [0.29, 0.717) is 6.54 Å². The van der Waals surface area contributed by atoms with Crippen molar-refractivity contribution in [1.82, 2.24) is 25.5 Å². The van der Waals surface area contributed by atoms with Gasteiger partial charge < -0.3 is 27.3 Å². The molecular weight excluding hydrogens is 444 g/mol. The SMILES string of the molecule is CCC[C@H](CNC(=O)c1nc(Cl)c(N)nc1N)N(CCCc1ccc(OC)cc1)[C@@H]1N[C@@H]1N. The smallest absolute Gasteiger partial charge is 0.273 e. The number of nitrogens with two attached hydrogens (primary N) is 3. The number of carbonyl (C=O) groups excluding carboxylic acids is 1. The number of hydrogen-bond donors (Lipinski definition) is 5. The molecule has 0 aliphatic carbocycles. The molecule has 1 aromatic carbocycles. The van der Waals surface area contributed by atoms with Crippen molar-refractivity contribution in [3.63, 3.8) is 0 Å². The van der Waals surface area contributed by atoms with Crippen LogP contribution in [0.3, 0.4) is 0 Å². The van der Waals surface area contributed by atoms with Crippen LogP contribution in [-0.2, 0) is 6.42 Å². The third-order valence-electron chi connectivity index (χ3n) is 5.70. The largest absolute Gasteiger partial charge is 0.497 e. The van der Waals surface area contributed by atoms with Gasteiger partial charge in [0, 0.05) is 19.1 Å². The van der Waals surface area contributed by atoms with Gasteiger partial charge in [0.1, 0.15) is 5.75 Å². The van der Waals surface area contributed by atoms with Crippen molar-refractivity contribution in [2.45, 2.75) is 51.0 Å². The van der Waals surface area contributed by atoms with E-state index in [-0.39, 0.29) is 40.9 Å². The highest BCUT2D eigenvalue weighted by Gasteiger charge is 2.40. The van der Waals surface area contributed by atoms with Crippen LogP contribution in [0.4, 0.5) is 11.6 Å². The topological polar surface area (TPSA) is 167 Å². The van der Waals surface area contributed by atoms with Crippen molar-refractivity contribution < 1.29 is 9.53 Å². The molecule has 1 aromatic heterocycles. The number of nitrogens with zero attached hydrogens (tertiary/aromatic N) is 3. The maximum Gasteiger partial charge on any atom is 0.273 e. The van der Waals surface area contributed by atoms with Crippen molar-refractivity contribution in [1.29, 1.82) is 0 Å². The fraction of sp³-hybridized carbons (Fsp3) is 0.500. The maximum absolute atomic E-state index is 12.7. The average molecular weight is 477 g/mol. The highest BCUT2D eigenvalue weighted by atomic mass is 35.5. The Balaban J connectivity index is 1.62. The Hall–Kier alpha value is -2.66. The van der Waals surface area contributed by atoms with E-state index in [2.05, 4.69) is 44.6 Å². The number of carbonyl (C=O) groups is 1. The Bertz CT molecular complexity index is 943. The van der Waals surface area contributed by atoms with E-state index in [0.717, 1.165) is 38.0 Å². The number of methoxy groups -OCH3 is 1. The zero-order valence-corrected chi connectivity index (χ0v) is 19.8. The van der Waals surface area contributed by atoms with Crippen LogP contribution in [0.5, 0.6) is 5.75 Å². The van der Waals surface area contributed by atoms with E-state index in [1.54, 1.807) is 7.11 Å². The van der Waals surface area contributed by atoms with Gasteiger partial charge in [0.25, 0.3) is 5.91 Å². The monoisotopic (exact) mass is 476 g/mol. The van der Waals surface area contributed by atoms with Gasteiger partial charge in [-0.2, -0.15) is 0 Å². The second-order valence-electron chi connectivity index (χ2n) is 8.11. The lowest BCUT2D eigenvalue weighted by molar-refractivity contribution is 0.0919. The van der Waals surface area contributed by atoms with Crippen LogP contribution in [0.2, 0.25) is 5.15 Å². The lowest BCUT2D eigenvalue weighted by atomic mass is 10.1. The molecule has 8 N–H and O–H groups in total. The summed E-state index contributed by atoms with van der Waals surface area (Å²) in [6, 6.07) is 8.20. The van der Waals surface area contributed by atoms with Crippen molar-refractivity contribution >= 4 is 29.1 Å². The van der Waals surface area contributed by atoms with E-state index >= 15 is 0 Å². The highest BCUT2D eigenvalue weighted by molar-refractivity contribution is 6.31. The van der Waals surface area contributed by atoms with Crippen molar-refractivity contribution in [3.8, 4) is 5.75 Å². The van der Waals surface area contributed by atoms with Crippen LogP contribution in [0, 0.1) is 0 Å². The van der Waals surface area contributed by atoms with Crippen LogP contribution >= 0.6 is 11.6 Å². The molecule has 1 amide bonds. The zero-order chi connectivity index (χ0) is 24.0. The van der Waals surface area contributed by atoms with Gasteiger partial charge in [0.15, 0.2) is 22.5 Å². The number of hydrogen-bond acceptors (Lipinski definition) is 9. The summed E-state index contributed by atoms with van der Waals surface area (Å²) in [5.41, 5.74) is 18.7. The molecule has 2 heterocycles. The Morgan fingerprint density at radius 2 is 1.97 bits per heavy atom. The Morgan fingerprint density at radius 1 is 1.27 bits per heavy atom. The van der Waals surface area contributed by atoms with Crippen molar-refractivity contribution in [3.05, 3.63) is 40.7 Å². The molecule has 0 unspecified atom stereocenters. The standard InChI is InChI=1S/C22H33ClN8O2/c1-3-5-14(12-27-22(32)16-18(24)29-19(25)17(23)28-16)31(21-20(26)30-21)11-4-6-13-7-9-15(33-2)10-8-13/h7-10,14,20-21,30H,3-6,11-12,26H2,1-2H3,(H,27,32)(H4,24,25,29)/t14-,20+,21+/m1/s1. The van der Waals surface area contributed by atoms with Crippen molar-refractivity contribution in [2.24, 2.45) is 5.73 Å². The molecule has 11 heteroatoms. The first kappa shape index (κ1) is 25.0. The minimum absolute atomic E-state index is 0.00796. The minimum Gasteiger partial charge on any atom is -0.497 e. The van der Waals surface area contributed by atoms with Gasteiger partial charge in [-0.15, -0.1) is 0 Å². The molecule has 3 rings (SSSR count). The fourth-order valence-electron chi connectivity index (χ4n) is 3.87. The first-order valence-corrected chi connectivity index (χ1v) is 11.5. The van der Waals surface area contributed by atoms with Gasteiger partial charge in [-0.3, -0.25) is 15.0 Å². The van der Waals surface area contributed by atoms with E-state index in [1.807, 2.05) is 12.1 Å². The van der Waals surface area contributed by atoms with Gasteiger partial charge >= 0.3 is 0 Å². The molecule has 1 fully saturated rings. The molecule has 1 saturated heterocycles. The van der Waals surface area contributed by atoms with E-state index in [1.165, 1.54) is 5.56 Å². The number of aromatic nitrogens is 2. The number of benzene rings is 1. The number of aryl methyl sites for hydroxylation is 1. The second kappa shape index (κ2) is 11.5. The third-order valence-corrected chi connectivity index (χ3v) is 5.98. The molecule has 33 heavy (non-hydrogen) atoms. The predicted molar refractivity (Wildman–Crippen MR) is 130 cm³/mol. The van der Waals surface area contributed by atoms with E-state index in [4.69, 9.17) is 33.5 Å². The van der Waals surface area contributed by atoms with Gasteiger partial charge in [0.05, 0.1) is 19.4 Å². The third kappa shape index (κ3) is 6.67. The fourth-order valence-corrected chi connectivity index (χ4v) is 4.00. The summed E-state index contributed by atoms with van der Waals surface area (Å²) in [4.78, 5) is 22.9. The van der Waals surface area contributed by atoms with Crippen molar-refractivity contribution in [2.75, 3.05) is 31.7 Å². The molecule has 0 bridgehead atoms. The van der Waals surface area contributed by atoms with Gasteiger partial charge in [0.2, 0.25) is 0 Å². The Morgan fingerprint density at radius 3 is 2.58 bits per heavy atom. The van der Waals surface area contributed by atoms with Gasteiger partial charge in [-0.25, -0.2) is 9.97 Å². The number of nitrogen functional groups attached to an aromatic ring is 2. The number of halogens is 1. The Labute approximate surface area is 199 Å². The lowest BCUT2D eigenvalue weighted by Gasteiger charge is -2.31. The number of rotatable bonds is 12. The molecule has 10 nitrogen and oxygen atoms in total. The summed E-state index contributed by atoms with van der Waals surface area (Å²) in [5, 5.41) is 6.15. The molecule has 180 valence electrons. The zero-order valence-electron chi connectivity index (χ0n) is 19.1. The van der Waals surface area contributed by atoms with Gasteiger partial charge in [-0.05, 0) is 37.0 Å². The number of anilines is 2. The molecule has 2 aromatic rings. The number of ether oxygens (including phenoxy) is 1. The molecule has 1 aliphatic rings. The lowest BCUT2D eigenvalue weighted by Crippen LogP contribution is -2.47. The highest BCUT2D eigenvalue weighted by Crippen LogP contribution is 2.21. The molecule has 1 aliphatic heterocycles. The first-order valence-electron chi connectivity index (χ1n) is 11.1. The number of amides is 1. The summed E-state index contributed by atoms with van der Waals surface area (Å²) in [7, 11) is 1.66. The Kier molecular flexibility index (Phi) is 8.67. The van der Waals surface area contributed by atoms with E-state index in [9.17, 15) is 4.79 Å². The number of nitrogens with one attached hydrogen (secondary N) is 2. The molecule has 3 atom stereocenters. The van der Waals surface area contributed by atoms with Crippen LogP contribution in [0.25, 0.3) is 0 Å². The van der Waals surface area contributed by atoms with Crippen LogP contribution < -0.4 is 32.6 Å². The maximum atomic E-state index is 12.7. The van der Waals surface area contributed by atoms with Gasteiger partial charge in [-0.1, -0.05) is 37.1 Å². The molecule has 0 radical (unpaired) electrons. The normalized spacial score (nSPS) is 18.2. The van der Waals surface area contributed by atoms with Crippen LogP contribution in [0.15, 0.2) is 24.3 Å². The van der Waals surface area contributed by atoms with Crippen LogP contribution in [0.1, 0.15) is 42.2 Å². The quantitative estimate of drug-likeness (QED) is 0.284. The summed E-state index contributed by atoms with van der Waals surface area (Å²) < 4.78 is 5.23. The average Bonchev–Trinajstić information content (AvgIpc) is 3.53. The molecular formula is C22H33ClN8O2. The van der Waals surface area contributed by atoms with Crippen LogP contribution in [-0.4, -0.2) is 59.3 Å². The summed E-state index contributed by atoms with van der Waals surface area (Å²) in [5.74, 6) is 0.351.